The summed E-state index contributed by atoms with van der Waals surface area (Å²) in [5.74, 6) is -0.274. The number of benzene rings is 1. The van der Waals surface area contributed by atoms with Gasteiger partial charge in [0.2, 0.25) is 11.8 Å². The summed E-state index contributed by atoms with van der Waals surface area (Å²) in [5, 5.41) is 5.98. The molecule has 1 aromatic carbocycles. The van der Waals surface area contributed by atoms with E-state index >= 15 is 0 Å². The van der Waals surface area contributed by atoms with Crippen molar-refractivity contribution in [2.75, 3.05) is 13.1 Å². The van der Waals surface area contributed by atoms with Crippen LogP contribution in [0.1, 0.15) is 17.4 Å². The Balaban J connectivity index is 1.99. The minimum Gasteiger partial charge on any atom is -0.444 e. The molecule has 0 aliphatic heterocycles. The van der Waals surface area contributed by atoms with Gasteiger partial charge in [-0.2, -0.15) is 0 Å². The maximum Gasteiger partial charge on any atom is 0.273 e. The zero-order valence-electron chi connectivity index (χ0n) is 11.7. The fraction of sp³-hybridized carbons (Fsp3) is 0.214. The summed E-state index contributed by atoms with van der Waals surface area (Å²) in [5.41, 5.74) is 0.760. The van der Waals surface area contributed by atoms with Crippen LogP contribution >= 0.6 is 23.2 Å². The Morgan fingerprint density at radius 1 is 1.18 bits per heavy atom. The molecule has 116 valence electrons. The normalized spacial score (nSPS) is 10.3. The van der Waals surface area contributed by atoms with Gasteiger partial charge in [0.05, 0.1) is 10.0 Å². The first-order valence-electron chi connectivity index (χ1n) is 6.41. The van der Waals surface area contributed by atoms with Crippen molar-refractivity contribution in [2.45, 2.75) is 6.92 Å². The van der Waals surface area contributed by atoms with Crippen molar-refractivity contribution in [1.82, 2.24) is 15.6 Å². The molecule has 0 unspecified atom stereocenters. The first kappa shape index (κ1) is 16.3. The Hall–Kier alpha value is -2.05. The minimum atomic E-state index is -0.389. The van der Waals surface area contributed by atoms with Crippen LogP contribution in [-0.4, -0.2) is 29.9 Å². The number of hydrogen-bond donors (Lipinski definition) is 2. The van der Waals surface area contributed by atoms with Crippen molar-refractivity contribution in [3.8, 4) is 11.5 Å². The lowest BCUT2D eigenvalue weighted by Gasteiger charge is -2.03. The highest BCUT2D eigenvalue weighted by molar-refractivity contribution is 6.42. The maximum absolute atomic E-state index is 11.9. The quantitative estimate of drug-likeness (QED) is 0.818. The molecule has 0 saturated heterocycles. The lowest BCUT2D eigenvalue weighted by Crippen LogP contribution is -2.33. The first-order chi connectivity index (χ1) is 10.5. The van der Waals surface area contributed by atoms with Crippen LogP contribution in [0, 0.1) is 0 Å². The number of hydrogen-bond acceptors (Lipinski definition) is 4. The number of oxazole rings is 1. The predicted octanol–water partition coefficient (Wildman–Crippen LogP) is 2.51. The first-order valence-corrected chi connectivity index (χ1v) is 7.16. The largest absolute Gasteiger partial charge is 0.444 e. The molecule has 1 aromatic heterocycles. The number of rotatable bonds is 5. The monoisotopic (exact) mass is 341 g/mol. The van der Waals surface area contributed by atoms with Crippen molar-refractivity contribution in [1.29, 1.82) is 0 Å². The van der Waals surface area contributed by atoms with Crippen LogP contribution in [-0.2, 0) is 4.79 Å². The molecule has 0 atom stereocenters. The summed E-state index contributed by atoms with van der Waals surface area (Å²) in [4.78, 5) is 26.7. The molecule has 0 aliphatic carbocycles. The molecular weight excluding hydrogens is 329 g/mol. The summed E-state index contributed by atoms with van der Waals surface area (Å²) in [6.45, 7) is 2.05. The van der Waals surface area contributed by atoms with Crippen LogP contribution < -0.4 is 10.6 Å². The van der Waals surface area contributed by atoms with E-state index in [-0.39, 0.29) is 23.4 Å². The summed E-state index contributed by atoms with van der Waals surface area (Å²) >= 11 is 11.8. The zero-order valence-corrected chi connectivity index (χ0v) is 13.2. The van der Waals surface area contributed by atoms with Crippen molar-refractivity contribution in [3.63, 3.8) is 0 Å². The Labute approximate surface area is 136 Å². The smallest absolute Gasteiger partial charge is 0.273 e. The molecule has 0 radical (unpaired) electrons. The number of nitrogens with zero attached hydrogens (tertiary/aromatic N) is 1. The van der Waals surface area contributed by atoms with Gasteiger partial charge in [0.15, 0.2) is 5.69 Å². The number of carbonyl (C=O) groups is 2. The van der Waals surface area contributed by atoms with Gasteiger partial charge in [0.25, 0.3) is 5.91 Å². The molecule has 2 aromatic rings. The van der Waals surface area contributed by atoms with Crippen LogP contribution in [0.2, 0.25) is 10.0 Å². The average Bonchev–Trinajstić information content (AvgIpc) is 2.96. The van der Waals surface area contributed by atoms with Crippen LogP contribution in [0.4, 0.5) is 0 Å². The van der Waals surface area contributed by atoms with E-state index < -0.39 is 0 Å². The maximum atomic E-state index is 11.9. The Bertz CT molecular complexity index is 700. The fourth-order valence-corrected chi connectivity index (χ4v) is 1.94. The highest BCUT2D eigenvalue weighted by Crippen LogP contribution is 2.28. The molecule has 2 amide bonds. The second kappa shape index (κ2) is 7.29. The molecule has 0 fully saturated rings. The van der Waals surface area contributed by atoms with E-state index in [9.17, 15) is 9.59 Å². The molecule has 0 bridgehead atoms. The SMILES string of the molecule is CC(=O)NCCNC(=O)c1coc(-c2ccc(Cl)c(Cl)c2)n1. The molecule has 22 heavy (non-hydrogen) atoms. The molecule has 1 heterocycles. The van der Waals surface area contributed by atoms with Gasteiger partial charge in [-0.05, 0) is 18.2 Å². The van der Waals surface area contributed by atoms with Crippen molar-refractivity contribution < 1.29 is 14.0 Å². The molecule has 6 nitrogen and oxygen atoms in total. The van der Waals surface area contributed by atoms with E-state index in [1.807, 2.05) is 0 Å². The Morgan fingerprint density at radius 2 is 1.91 bits per heavy atom. The minimum absolute atomic E-state index is 0.142. The second-order valence-electron chi connectivity index (χ2n) is 4.41. The average molecular weight is 342 g/mol. The highest BCUT2D eigenvalue weighted by Gasteiger charge is 2.13. The number of carbonyl (C=O) groups excluding carboxylic acids is 2. The summed E-state index contributed by atoms with van der Waals surface area (Å²) in [7, 11) is 0. The Morgan fingerprint density at radius 3 is 2.59 bits per heavy atom. The third kappa shape index (κ3) is 4.22. The van der Waals surface area contributed by atoms with E-state index in [1.54, 1.807) is 18.2 Å². The van der Waals surface area contributed by atoms with Gasteiger partial charge in [-0.3, -0.25) is 9.59 Å². The summed E-state index contributed by atoms with van der Waals surface area (Å²) in [6.07, 6.45) is 1.26. The number of nitrogens with one attached hydrogen (secondary N) is 2. The molecule has 0 saturated carbocycles. The second-order valence-corrected chi connectivity index (χ2v) is 5.22. The van der Waals surface area contributed by atoms with Crippen LogP contribution in [0.15, 0.2) is 28.9 Å². The van der Waals surface area contributed by atoms with Crippen molar-refractivity contribution in [3.05, 3.63) is 40.2 Å². The molecular formula is C14H13Cl2N3O3. The third-order valence-corrected chi connectivity index (χ3v) is 3.43. The molecule has 2 N–H and O–H groups in total. The number of aromatic nitrogens is 1. The van der Waals surface area contributed by atoms with E-state index in [0.717, 1.165) is 0 Å². The van der Waals surface area contributed by atoms with Gasteiger partial charge in [0.1, 0.15) is 6.26 Å². The van der Waals surface area contributed by atoms with Crippen molar-refractivity contribution in [2.24, 2.45) is 0 Å². The molecule has 2 rings (SSSR count). The van der Waals surface area contributed by atoms with Crippen LogP contribution in [0.25, 0.3) is 11.5 Å². The molecule has 8 heteroatoms. The van der Waals surface area contributed by atoms with Gasteiger partial charge >= 0.3 is 0 Å². The van der Waals surface area contributed by atoms with Gasteiger partial charge in [-0.25, -0.2) is 4.98 Å². The zero-order chi connectivity index (χ0) is 16.1. The van der Waals surface area contributed by atoms with E-state index in [1.165, 1.54) is 13.2 Å². The highest BCUT2D eigenvalue weighted by atomic mass is 35.5. The van der Waals surface area contributed by atoms with Crippen molar-refractivity contribution >= 4 is 35.0 Å². The standard InChI is InChI=1S/C14H13Cl2N3O3/c1-8(20)17-4-5-18-13(21)12-7-22-14(19-12)9-2-3-10(15)11(16)6-9/h2-3,6-7H,4-5H2,1H3,(H,17,20)(H,18,21). The summed E-state index contributed by atoms with van der Waals surface area (Å²) in [6, 6.07) is 4.92. The van der Waals surface area contributed by atoms with E-state index in [2.05, 4.69) is 15.6 Å². The molecule has 0 spiro atoms. The predicted molar refractivity (Wildman–Crippen MR) is 83.0 cm³/mol. The third-order valence-electron chi connectivity index (χ3n) is 2.69. The number of halogens is 2. The van der Waals surface area contributed by atoms with E-state index in [4.69, 9.17) is 27.6 Å². The van der Waals surface area contributed by atoms with Gasteiger partial charge in [0, 0.05) is 25.6 Å². The van der Waals surface area contributed by atoms with Gasteiger partial charge in [-0.15, -0.1) is 0 Å². The van der Waals surface area contributed by atoms with Crippen LogP contribution in [0.3, 0.4) is 0 Å². The summed E-state index contributed by atoms with van der Waals surface area (Å²) < 4.78 is 5.27. The van der Waals surface area contributed by atoms with Crippen LogP contribution in [0.5, 0.6) is 0 Å². The topological polar surface area (TPSA) is 84.2 Å². The lowest BCUT2D eigenvalue weighted by atomic mass is 10.2. The molecule has 0 aliphatic rings. The lowest BCUT2D eigenvalue weighted by molar-refractivity contribution is -0.118. The Kier molecular flexibility index (Phi) is 5.41. The van der Waals surface area contributed by atoms with Gasteiger partial charge < -0.3 is 15.1 Å². The van der Waals surface area contributed by atoms with E-state index in [0.29, 0.717) is 28.7 Å². The van der Waals surface area contributed by atoms with Gasteiger partial charge in [-0.1, -0.05) is 23.2 Å². The fourth-order valence-electron chi connectivity index (χ4n) is 1.64. The number of amides is 2.